The fourth-order valence-corrected chi connectivity index (χ4v) is 3.29. The highest BCUT2D eigenvalue weighted by molar-refractivity contribution is 6.43. The fourth-order valence-electron chi connectivity index (χ4n) is 3.29. The molecule has 0 aliphatic carbocycles. The van der Waals surface area contributed by atoms with Gasteiger partial charge in [0.15, 0.2) is 5.60 Å². The molecular weight excluding hydrogens is 320 g/mol. The van der Waals surface area contributed by atoms with Crippen LogP contribution in [0.15, 0.2) is 29.7 Å². The number of rotatable bonds is 4. The van der Waals surface area contributed by atoms with Gasteiger partial charge in [-0.2, -0.15) is 0 Å². The van der Waals surface area contributed by atoms with Crippen LogP contribution in [0.1, 0.15) is 39.5 Å². The molecule has 0 aromatic carbocycles. The molecule has 7 nitrogen and oxygen atoms in total. The Balaban J connectivity index is 1.60. The van der Waals surface area contributed by atoms with Crippen LogP contribution in [0.2, 0.25) is 0 Å². The van der Waals surface area contributed by atoms with Crippen molar-refractivity contribution in [2.45, 2.75) is 45.1 Å². The van der Waals surface area contributed by atoms with Gasteiger partial charge in [0, 0.05) is 25.6 Å². The van der Waals surface area contributed by atoms with Crippen molar-refractivity contribution in [1.82, 2.24) is 9.88 Å². The van der Waals surface area contributed by atoms with Crippen molar-refractivity contribution >= 4 is 23.2 Å². The van der Waals surface area contributed by atoms with Crippen LogP contribution in [0.3, 0.4) is 0 Å². The Morgan fingerprint density at radius 1 is 1.44 bits per heavy atom. The van der Waals surface area contributed by atoms with E-state index in [1.807, 2.05) is 18.7 Å². The van der Waals surface area contributed by atoms with Crippen LogP contribution < -0.4 is 5.32 Å². The van der Waals surface area contributed by atoms with Crippen LogP contribution in [0.25, 0.3) is 0 Å². The SMILES string of the molecule is CC(C)CC(=O)N1CCC[C@]2(CC(C(=O)Nc3cccnc3)=NO2)C1. The minimum Gasteiger partial charge on any atom is -0.386 e. The minimum absolute atomic E-state index is 0.144. The summed E-state index contributed by atoms with van der Waals surface area (Å²) in [7, 11) is 0. The molecule has 1 aromatic heterocycles. The summed E-state index contributed by atoms with van der Waals surface area (Å²) in [5, 5.41) is 6.78. The number of pyridine rings is 1. The number of amides is 2. The van der Waals surface area contributed by atoms with Crippen molar-refractivity contribution in [3.63, 3.8) is 0 Å². The average Bonchev–Trinajstić information content (AvgIpc) is 2.99. The molecule has 0 unspecified atom stereocenters. The third-order valence-corrected chi connectivity index (χ3v) is 4.50. The van der Waals surface area contributed by atoms with Gasteiger partial charge in [-0.15, -0.1) is 0 Å². The second kappa shape index (κ2) is 7.21. The molecule has 25 heavy (non-hydrogen) atoms. The van der Waals surface area contributed by atoms with Crippen LogP contribution >= 0.6 is 0 Å². The van der Waals surface area contributed by atoms with E-state index >= 15 is 0 Å². The predicted molar refractivity (Wildman–Crippen MR) is 94.0 cm³/mol. The lowest BCUT2D eigenvalue weighted by Gasteiger charge is -2.38. The van der Waals surface area contributed by atoms with Crippen LogP contribution in [0.5, 0.6) is 0 Å². The normalized spacial score (nSPS) is 22.7. The Bertz CT molecular complexity index is 674. The number of likely N-dealkylation sites (tertiary alicyclic amines) is 1. The van der Waals surface area contributed by atoms with E-state index in [1.54, 1.807) is 24.5 Å². The predicted octanol–water partition coefficient (Wildman–Crippen LogP) is 2.20. The van der Waals surface area contributed by atoms with Gasteiger partial charge in [-0.3, -0.25) is 14.6 Å². The molecule has 1 fully saturated rings. The highest BCUT2D eigenvalue weighted by atomic mass is 16.7. The zero-order valence-corrected chi connectivity index (χ0v) is 14.7. The Hall–Kier alpha value is -2.44. The fraction of sp³-hybridized carbons (Fsp3) is 0.556. The van der Waals surface area contributed by atoms with Crippen molar-refractivity contribution in [2.24, 2.45) is 11.1 Å². The van der Waals surface area contributed by atoms with Gasteiger partial charge in [-0.1, -0.05) is 19.0 Å². The molecule has 2 aliphatic heterocycles. The van der Waals surface area contributed by atoms with Gasteiger partial charge in [-0.05, 0) is 30.9 Å². The lowest BCUT2D eigenvalue weighted by atomic mass is 9.87. The zero-order chi connectivity index (χ0) is 17.9. The molecule has 0 radical (unpaired) electrons. The topological polar surface area (TPSA) is 83.9 Å². The molecule has 2 aliphatic rings. The summed E-state index contributed by atoms with van der Waals surface area (Å²) < 4.78 is 0. The molecule has 1 spiro atoms. The number of anilines is 1. The van der Waals surface area contributed by atoms with E-state index in [0.717, 1.165) is 19.4 Å². The molecule has 1 aromatic rings. The van der Waals surface area contributed by atoms with Gasteiger partial charge >= 0.3 is 0 Å². The summed E-state index contributed by atoms with van der Waals surface area (Å²) in [4.78, 5) is 36.2. The first-order valence-electron chi connectivity index (χ1n) is 8.72. The molecule has 3 heterocycles. The maximum atomic E-state index is 12.4. The maximum Gasteiger partial charge on any atom is 0.273 e. The van der Waals surface area contributed by atoms with Crippen molar-refractivity contribution in [3.05, 3.63) is 24.5 Å². The number of aromatic nitrogens is 1. The Morgan fingerprint density at radius 3 is 3.00 bits per heavy atom. The molecule has 2 amide bonds. The van der Waals surface area contributed by atoms with Gasteiger partial charge in [0.1, 0.15) is 5.71 Å². The van der Waals surface area contributed by atoms with E-state index in [-0.39, 0.29) is 11.8 Å². The highest BCUT2D eigenvalue weighted by Crippen LogP contribution is 2.34. The van der Waals surface area contributed by atoms with E-state index < -0.39 is 5.60 Å². The van der Waals surface area contributed by atoms with Crippen molar-refractivity contribution in [1.29, 1.82) is 0 Å². The standard InChI is InChI=1S/C18H24N4O3/c1-13(2)9-16(23)22-8-4-6-18(12-22)10-15(21-25-18)17(24)20-14-5-3-7-19-11-14/h3,5,7,11,13H,4,6,8-10,12H2,1-2H3,(H,20,24)/t18-/m0/s1. The Labute approximate surface area is 147 Å². The third-order valence-electron chi connectivity index (χ3n) is 4.50. The van der Waals surface area contributed by atoms with Crippen molar-refractivity contribution < 1.29 is 14.4 Å². The number of nitrogens with zero attached hydrogens (tertiary/aromatic N) is 3. The largest absolute Gasteiger partial charge is 0.386 e. The molecular formula is C18H24N4O3. The second-order valence-corrected chi connectivity index (χ2v) is 7.20. The van der Waals surface area contributed by atoms with Gasteiger partial charge in [0.25, 0.3) is 5.91 Å². The molecule has 0 bridgehead atoms. The van der Waals surface area contributed by atoms with Crippen molar-refractivity contribution in [3.8, 4) is 0 Å². The van der Waals surface area contributed by atoms with E-state index in [4.69, 9.17) is 4.84 Å². The lowest BCUT2D eigenvalue weighted by Crippen LogP contribution is -2.51. The van der Waals surface area contributed by atoms with Gasteiger partial charge < -0.3 is 15.1 Å². The quantitative estimate of drug-likeness (QED) is 0.907. The second-order valence-electron chi connectivity index (χ2n) is 7.20. The molecule has 1 saturated heterocycles. The number of nitrogens with one attached hydrogen (secondary N) is 1. The number of oxime groups is 1. The summed E-state index contributed by atoms with van der Waals surface area (Å²) in [6.07, 6.45) is 5.83. The third kappa shape index (κ3) is 4.15. The monoisotopic (exact) mass is 344 g/mol. The number of carbonyl (C=O) groups excluding carboxylic acids is 2. The maximum absolute atomic E-state index is 12.4. The van der Waals surface area contributed by atoms with Gasteiger partial charge in [0.05, 0.1) is 18.4 Å². The summed E-state index contributed by atoms with van der Waals surface area (Å²) in [6.45, 7) is 5.31. The van der Waals surface area contributed by atoms with E-state index in [9.17, 15) is 9.59 Å². The summed E-state index contributed by atoms with van der Waals surface area (Å²) in [5.74, 6) is 0.188. The summed E-state index contributed by atoms with van der Waals surface area (Å²) in [5.41, 5.74) is 0.419. The van der Waals surface area contributed by atoms with Crippen molar-refractivity contribution in [2.75, 3.05) is 18.4 Å². The first-order chi connectivity index (χ1) is 12.0. The minimum atomic E-state index is -0.563. The Kier molecular flexibility index (Phi) is 5.01. The van der Waals surface area contributed by atoms with Crippen LogP contribution in [0.4, 0.5) is 5.69 Å². The average molecular weight is 344 g/mol. The smallest absolute Gasteiger partial charge is 0.273 e. The molecule has 3 rings (SSSR count). The number of carbonyl (C=O) groups is 2. The highest BCUT2D eigenvalue weighted by Gasteiger charge is 2.45. The molecule has 7 heteroatoms. The summed E-state index contributed by atoms with van der Waals surface area (Å²) >= 11 is 0. The number of hydrogen-bond acceptors (Lipinski definition) is 5. The number of piperidine rings is 1. The molecule has 0 saturated carbocycles. The number of hydrogen-bond donors (Lipinski definition) is 1. The Morgan fingerprint density at radius 2 is 2.28 bits per heavy atom. The zero-order valence-electron chi connectivity index (χ0n) is 14.7. The van der Waals surface area contributed by atoms with Crippen LogP contribution in [-0.4, -0.2) is 46.1 Å². The first kappa shape index (κ1) is 17.4. The van der Waals surface area contributed by atoms with E-state index in [0.29, 0.717) is 36.7 Å². The summed E-state index contributed by atoms with van der Waals surface area (Å²) in [6, 6.07) is 3.52. The molecule has 1 atom stereocenters. The molecule has 134 valence electrons. The van der Waals surface area contributed by atoms with E-state index in [2.05, 4.69) is 15.5 Å². The van der Waals surface area contributed by atoms with Crippen LogP contribution in [-0.2, 0) is 14.4 Å². The molecule has 1 N–H and O–H groups in total. The first-order valence-corrected chi connectivity index (χ1v) is 8.72. The van der Waals surface area contributed by atoms with Gasteiger partial charge in [-0.25, -0.2) is 0 Å². The van der Waals surface area contributed by atoms with Gasteiger partial charge in [0.2, 0.25) is 5.91 Å². The van der Waals surface area contributed by atoms with Crippen LogP contribution in [0, 0.1) is 5.92 Å². The van der Waals surface area contributed by atoms with E-state index in [1.165, 1.54) is 0 Å². The lowest BCUT2D eigenvalue weighted by molar-refractivity contribution is -0.141.